The molecule has 4 heteroatoms. The van der Waals surface area contributed by atoms with E-state index in [9.17, 15) is 9.59 Å². The van der Waals surface area contributed by atoms with E-state index < -0.39 is 0 Å². The number of nitrogens with zero attached hydrogens (tertiary/aromatic N) is 2. The van der Waals surface area contributed by atoms with Crippen LogP contribution in [0.25, 0.3) is 0 Å². The fraction of sp³-hybridized carbons (Fsp3) is 0.556. The molecule has 0 saturated carbocycles. The van der Waals surface area contributed by atoms with Gasteiger partial charge in [0.1, 0.15) is 0 Å². The smallest absolute Gasteiger partial charge is 0.222 e. The summed E-state index contributed by atoms with van der Waals surface area (Å²) in [5, 5.41) is 0. The minimum absolute atomic E-state index is 0.110. The first kappa shape index (κ1) is 15.1. The van der Waals surface area contributed by atoms with Crippen LogP contribution >= 0.6 is 0 Å². The molecule has 4 nitrogen and oxygen atoms in total. The van der Waals surface area contributed by atoms with Crippen LogP contribution < -0.4 is 0 Å². The lowest BCUT2D eigenvalue weighted by molar-refractivity contribution is -0.131. The van der Waals surface area contributed by atoms with E-state index >= 15 is 0 Å². The first-order valence-corrected chi connectivity index (χ1v) is 8.13. The van der Waals surface area contributed by atoms with Gasteiger partial charge in [-0.1, -0.05) is 31.2 Å². The monoisotopic (exact) mass is 300 g/mol. The third kappa shape index (κ3) is 2.40. The molecule has 2 aliphatic heterocycles. The molecule has 2 fully saturated rings. The van der Waals surface area contributed by atoms with Crippen LogP contribution in [0.4, 0.5) is 0 Å². The molecule has 3 rings (SSSR count). The molecule has 2 aliphatic rings. The lowest BCUT2D eigenvalue weighted by Gasteiger charge is -2.30. The summed E-state index contributed by atoms with van der Waals surface area (Å²) >= 11 is 0. The zero-order valence-electron chi connectivity index (χ0n) is 13.6. The lowest BCUT2D eigenvalue weighted by Crippen LogP contribution is -2.36. The number of hydrogen-bond donors (Lipinski definition) is 0. The first-order valence-electron chi connectivity index (χ1n) is 8.13. The summed E-state index contributed by atoms with van der Waals surface area (Å²) in [6, 6.07) is 8.41. The zero-order valence-corrected chi connectivity index (χ0v) is 13.6. The maximum Gasteiger partial charge on any atom is 0.222 e. The highest BCUT2D eigenvalue weighted by atomic mass is 16.2. The second kappa shape index (κ2) is 5.75. The SMILES string of the molecule is CCC(=O)N1C[C@@H]2CN(C(C)=O)[C@H](c3ccccc3C)[C@@H]2C1. The van der Waals surface area contributed by atoms with Crippen LogP contribution in [0.1, 0.15) is 37.4 Å². The van der Waals surface area contributed by atoms with Crippen LogP contribution in [-0.4, -0.2) is 41.2 Å². The zero-order chi connectivity index (χ0) is 15.9. The number of rotatable bonds is 2. The molecule has 1 aromatic rings. The topological polar surface area (TPSA) is 40.6 Å². The molecule has 0 aliphatic carbocycles. The fourth-order valence-electron chi connectivity index (χ4n) is 4.11. The molecule has 0 N–H and O–H groups in total. The summed E-state index contributed by atoms with van der Waals surface area (Å²) in [7, 11) is 0. The Kier molecular flexibility index (Phi) is 3.94. The third-order valence-corrected chi connectivity index (χ3v) is 5.23. The largest absolute Gasteiger partial charge is 0.342 e. The van der Waals surface area contributed by atoms with Gasteiger partial charge in [0.05, 0.1) is 6.04 Å². The molecule has 118 valence electrons. The van der Waals surface area contributed by atoms with Crippen molar-refractivity contribution in [1.82, 2.24) is 9.80 Å². The van der Waals surface area contributed by atoms with Gasteiger partial charge < -0.3 is 9.80 Å². The predicted octanol–water partition coefficient (Wildman–Crippen LogP) is 2.38. The van der Waals surface area contributed by atoms with E-state index in [0.717, 1.165) is 19.6 Å². The van der Waals surface area contributed by atoms with Gasteiger partial charge in [-0.2, -0.15) is 0 Å². The van der Waals surface area contributed by atoms with Crippen LogP contribution in [-0.2, 0) is 9.59 Å². The van der Waals surface area contributed by atoms with Crippen molar-refractivity contribution in [3.63, 3.8) is 0 Å². The quantitative estimate of drug-likeness (QED) is 0.841. The van der Waals surface area contributed by atoms with Crippen molar-refractivity contribution >= 4 is 11.8 Å². The summed E-state index contributed by atoms with van der Waals surface area (Å²) in [6.07, 6.45) is 0.560. The molecule has 3 atom stereocenters. The summed E-state index contributed by atoms with van der Waals surface area (Å²) in [5.41, 5.74) is 2.45. The molecule has 0 radical (unpaired) electrons. The number of likely N-dealkylation sites (tertiary alicyclic amines) is 2. The van der Waals surface area contributed by atoms with Crippen LogP contribution in [0.2, 0.25) is 0 Å². The maximum atomic E-state index is 12.1. The van der Waals surface area contributed by atoms with Crippen molar-refractivity contribution < 1.29 is 9.59 Å². The maximum absolute atomic E-state index is 12.1. The highest BCUT2D eigenvalue weighted by Crippen LogP contribution is 2.45. The van der Waals surface area contributed by atoms with Crippen molar-refractivity contribution in [2.45, 2.75) is 33.2 Å². The van der Waals surface area contributed by atoms with E-state index in [-0.39, 0.29) is 17.9 Å². The van der Waals surface area contributed by atoms with Crippen LogP contribution in [0.5, 0.6) is 0 Å². The van der Waals surface area contributed by atoms with Crippen LogP contribution in [0.15, 0.2) is 24.3 Å². The number of amides is 2. The lowest BCUT2D eigenvalue weighted by atomic mass is 9.87. The Morgan fingerprint density at radius 3 is 2.55 bits per heavy atom. The second-order valence-corrected chi connectivity index (χ2v) is 6.55. The van der Waals surface area contributed by atoms with Gasteiger partial charge in [-0.15, -0.1) is 0 Å². The molecule has 2 amide bonds. The van der Waals surface area contributed by atoms with Crippen molar-refractivity contribution in [2.24, 2.45) is 11.8 Å². The van der Waals surface area contributed by atoms with E-state index in [1.165, 1.54) is 11.1 Å². The van der Waals surface area contributed by atoms with Crippen LogP contribution in [0.3, 0.4) is 0 Å². The highest BCUT2D eigenvalue weighted by molar-refractivity contribution is 5.77. The minimum atomic E-state index is 0.110. The normalized spacial score (nSPS) is 27.1. The Bertz CT molecular complexity index is 599. The summed E-state index contributed by atoms with van der Waals surface area (Å²) < 4.78 is 0. The number of fused-ring (bicyclic) bond motifs is 1. The Morgan fingerprint density at radius 1 is 1.18 bits per heavy atom. The van der Waals surface area contributed by atoms with Gasteiger partial charge in [0.25, 0.3) is 0 Å². The molecular weight excluding hydrogens is 276 g/mol. The van der Waals surface area contributed by atoms with Crippen molar-refractivity contribution in [3.8, 4) is 0 Å². The number of hydrogen-bond acceptors (Lipinski definition) is 2. The molecule has 0 spiro atoms. The standard InChI is InChI=1S/C18H24N2O2/c1-4-17(22)19-9-14-10-20(13(3)21)18(16(14)11-19)15-8-6-5-7-12(15)2/h5-8,14,16,18H,4,9-11H2,1-3H3/t14-,16-,18-/m1/s1. The molecule has 0 aromatic heterocycles. The Morgan fingerprint density at radius 2 is 1.91 bits per heavy atom. The predicted molar refractivity (Wildman–Crippen MR) is 85.2 cm³/mol. The second-order valence-electron chi connectivity index (χ2n) is 6.55. The van der Waals surface area contributed by atoms with Gasteiger partial charge in [-0.05, 0) is 18.1 Å². The molecule has 2 saturated heterocycles. The Balaban J connectivity index is 1.92. The molecular formula is C18H24N2O2. The average Bonchev–Trinajstić information content (AvgIpc) is 3.04. The number of benzene rings is 1. The average molecular weight is 300 g/mol. The van der Waals surface area contributed by atoms with Gasteiger partial charge in [0, 0.05) is 44.8 Å². The van der Waals surface area contributed by atoms with Gasteiger partial charge in [0.2, 0.25) is 11.8 Å². The molecule has 22 heavy (non-hydrogen) atoms. The van der Waals surface area contributed by atoms with Crippen molar-refractivity contribution in [2.75, 3.05) is 19.6 Å². The van der Waals surface area contributed by atoms with E-state index in [1.54, 1.807) is 6.92 Å². The number of carbonyl (C=O) groups excluding carboxylic acids is 2. The molecule has 2 heterocycles. The molecule has 0 unspecified atom stereocenters. The first-order chi connectivity index (χ1) is 10.5. The molecule has 1 aromatic carbocycles. The fourth-order valence-corrected chi connectivity index (χ4v) is 4.11. The highest BCUT2D eigenvalue weighted by Gasteiger charge is 2.49. The van der Waals surface area contributed by atoms with Crippen molar-refractivity contribution in [1.29, 1.82) is 0 Å². The Labute approximate surface area is 132 Å². The van der Waals surface area contributed by atoms with Gasteiger partial charge in [-0.3, -0.25) is 9.59 Å². The summed E-state index contributed by atoms with van der Waals surface area (Å²) in [6.45, 7) is 8.01. The third-order valence-electron chi connectivity index (χ3n) is 5.23. The van der Waals surface area contributed by atoms with Gasteiger partial charge >= 0.3 is 0 Å². The minimum Gasteiger partial charge on any atom is -0.342 e. The van der Waals surface area contributed by atoms with Gasteiger partial charge in [-0.25, -0.2) is 0 Å². The van der Waals surface area contributed by atoms with E-state index in [0.29, 0.717) is 18.3 Å². The summed E-state index contributed by atoms with van der Waals surface area (Å²) in [4.78, 5) is 28.1. The molecule has 0 bridgehead atoms. The van der Waals surface area contributed by atoms with Crippen molar-refractivity contribution in [3.05, 3.63) is 35.4 Å². The van der Waals surface area contributed by atoms with Gasteiger partial charge in [0.15, 0.2) is 0 Å². The number of carbonyl (C=O) groups is 2. The Hall–Kier alpha value is -1.84. The summed E-state index contributed by atoms with van der Waals surface area (Å²) in [5.74, 6) is 1.13. The van der Waals surface area contributed by atoms with Crippen LogP contribution in [0, 0.1) is 18.8 Å². The number of aryl methyl sites for hydroxylation is 1. The van der Waals surface area contributed by atoms with E-state index in [2.05, 4.69) is 19.1 Å². The van der Waals surface area contributed by atoms with E-state index in [1.807, 2.05) is 28.9 Å². The van der Waals surface area contributed by atoms with E-state index in [4.69, 9.17) is 0 Å².